The predicted molar refractivity (Wildman–Crippen MR) is 109 cm³/mol. The van der Waals surface area contributed by atoms with Gasteiger partial charge in [-0.3, -0.25) is 20.4 Å². The first-order valence-corrected chi connectivity index (χ1v) is 9.15. The van der Waals surface area contributed by atoms with E-state index in [0.29, 0.717) is 11.4 Å². The number of hydrogen-bond donors (Lipinski definition) is 3. The lowest BCUT2D eigenvalue weighted by molar-refractivity contribution is 0.0842. The highest BCUT2D eigenvalue weighted by molar-refractivity contribution is 6.01. The minimum Gasteiger partial charge on any atom is -0.507 e. The Morgan fingerprint density at radius 1 is 0.900 bits per heavy atom. The Morgan fingerprint density at radius 3 is 2.33 bits per heavy atom. The summed E-state index contributed by atoms with van der Waals surface area (Å²) in [7, 11) is 0. The number of rotatable bonds is 5. The van der Waals surface area contributed by atoms with Crippen LogP contribution in [0.1, 0.15) is 26.4 Å². The number of nitrogens with one attached hydrogen (secondary N) is 2. The zero-order valence-corrected chi connectivity index (χ0v) is 15.8. The number of pyridine rings is 1. The fraction of sp³-hybridized carbons (Fsp3) is 0.0455. The summed E-state index contributed by atoms with van der Waals surface area (Å²) in [6.45, 7) is 0.177. The number of benzene rings is 2. The van der Waals surface area contributed by atoms with Crippen LogP contribution in [0.3, 0.4) is 0 Å². The molecule has 0 aliphatic heterocycles. The third-order valence-corrected chi connectivity index (χ3v) is 4.36. The van der Waals surface area contributed by atoms with Gasteiger partial charge in [0.05, 0.1) is 16.8 Å². The number of hydrogen-bond acceptors (Lipinski definition) is 5. The van der Waals surface area contributed by atoms with E-state index in [4.69, 9.17) is 4.74 Å². The maximum Gasteiger partial charge on any atom is 0.273 e. The molecule has 8 heteroatoms. The van der Waals surface area contributed by atoms with E-state index in [1.165, 1.54) is 12.1 Å². The number of phenolic OH excluding ortho intramolecular Hbond substituents is 1. The van der Waals surface area contributed by atoms with Crippen LogP contribution in [0.4, 0.5) is 0 Å². The van der Waals surface area contributed by atoms with Gasteiger partial charge in [-0.05, 0) is 36.4 Å². The zero-order chi connectivity index (χ0) is 20.9. The molecule has 2 amide bonds. The van der Waals surface area contributed by atoms with E-state index >= 15 is 0 Å². The lowest BCUT2D eigenvalue weighted by Crippen LogP contribution is -2.41. The van der Waals surface area contributed by atoms with Crippen LogP contribution in [-0.4, -0.2) is 26.3 Å². The average Bonchev–Trinajstić information content (AvgIpc) is 3.19. The van der Waals surface area contributed by atoms with Gasteiger partial charge >= 0.3 is 0 Å². The van der Waals surface area contributed by atoms with Crippen LogP contribution in [0.15, 0.2) is 79.1 Å². The maximum absolute atomic E-state index is 12.6. The predicted octanol–water partition coefficient (Wildman–Crippen LogP) is 2.69. The number of nitrogens with zero attached hydrogens (tertiary/aromatic N) is 2. The lowest BCUT2D eigenvalue weighted by atomic mass is 10.2. The van der Waals surface area contributed by atoms with Gasteiger partial charge in [0, 0.05) is 12.4 Å². The molecule has 0 saturated heterocycles. The molecule has 8 nitrogen and oxygen atoms in total. The molecular formula is C22H18N4O4. The van der Waals surface area contributed by atoms with E-state index in [0.717, 1.165) is 5.65 Å². The summed E-state index contributed by atoms with van der Waals surface area (Å²) in [4.78, 5) is 29.2. The summed E-state index contributed by atoms with van der Waals surface area (Å²) in [5.41, 5.74) is 6.43. The lowest BCUT2D eigenvalue weighted by Gasteiger charge is -2.12. The molecule has 0 fully saturated rings. The fourth-order valence-electron chi connectivity index (χ4n) is 2.90. The van der Waals surface area contributed by atoms with Gasteiger partial charge in [0.15, 0.2) is 0 Å². The molecule has 0 spiro atoms. The Morgan fingerprint density at radius 2 is 1.57 bits per heavy atom. The van der Waals surface area contributed by atoms with Crippen LogP contribution in [0.2, 0.25) is 0 Å². The molecule has 4 aromatic rings. The first kappa shape index (κ1) is 19.0. The van der Waals surface area contributed by atoms with Crippen molar-refractivity contribution in [2.24, 2.45) is 0 Å². The number of hydrazine groups is 1. The number of aromatic hydroxyl groups is 1. The Labute approximate surface area is 171 Å². The molecule has 0 unspecified atom stereocenters. The summed E-state index contributed by atoms with van der Waals surface area (Å²) in [5, 5.41) is 9.74. The normalized spacial score (nSPS) is 10.5. The average molecular weight is 402 g/mol. The van der Waals surface area contributed by atoms with E-state index in [-0.39, 0.29) is 23.5 Å². The van der Waals surface area contributed by atoms with Gasteiger partial charge in [-0.1, -0.05) is 30.3 Å². The van der Waals surface area contributed by atoms with Crippen molar-refractivity contribution in [1.29, 1.82) is 0 Å². The maximum atomic E-state index is 12.6. The second-order valence-corrected chi connectivity index (χ2v) is 6.41. The summed E-state index contributed by atoms with van der Waals surface area (Å²) in [5.74, 6) is -1.02. The largest absolute Gasteiger partial charge is 0.507 e. The Bertz CT molecular complexity index is 1190. The minimum atomic E-state index is -0.635. The van der Waals surface area contributed by atoms with Gasteiger partial charge in [0.2, 0.25) is 0 Å². The molecule has 150 valence electrons. The highest BCUT2D eigenvalue weighted by atomic mass is 16.5. The van der Waals surface area contributed by atoms with Gasteiger partial charge < -0.3 is 14.2 Å². The molecular weight excluding hydrogens is 384 g/mol. The van der Waals surface area contributed by atoms with Crippen molar-refractivity contribution in [2.45, 2.75) is 6.61 Å². The number of fused-ring (bicyclic) bond motifs is 1. The number of aromatic nitrogens is 2. The summed E-state index contributed by atoms with van der Waals surface area (Å²) < 4.78 is 7.68. The molecule has 0 atom stereocenters. The van der Waals surface area contributed by atoms with Crippen molar-refractivity contribution in [2.75, 3.05) is 0 Å². The van der Waals surface area contributed by atoms with Crippen LogP contribution in [0.25, 0.3) is 5.65 Å². The van der Waals surface area contributed by atoms with E-state index in [1.54, 1.807) is 36.4 Å². The second kappa shape index (κ2) is 8.36. The molecule has 2 heterocycles. The van der Waals surface area contributed by atoms with Crippen molar-refractivity contribution in [3.8, 4) is 11.5 Å². The number of carbonyl (C=O) groups is 2. The molecule has 4 rings (SSSR count). The first-order chi connectivity index (χ1) is 14.6. The van der Waals surface area contributed by atoms with Crippen molar-refractivity contribution in [1.82, 2.24) is 20.2 Å². The summed E-state index contributed by atoms with van der Waals surface area (Å²) in [6, 6.07) is 18.4. The second-order valence-electron chi connectivity index (χ2n) is 6.41. The highest BCUT2D eigenvalue weighted by Gasteiger charge is 2.15. The third-order valence-electron chi connectivity index (χ3n) is 4.36. The molecule has 0 bridgehead atoms. The van der Waals surface area contributed by atoms with Crippen molar-refractivity contribution in [3.05, 3.63) is 95.9 Å². The molecule has 0 radical (unpaired) electrons. The third kappa shape index (κ3) is 4.07. The van der Waals surface area contributed by atoms with E-state index < -0.39 is 11.8 Å². The Kier molecular flexibility index (Phi) is 5.29. The van der Waals surface area contributed by atoms with Gasteiger partial charge in [-0.15, -0.1) is 0 Å². The topological polar surface area (TPSA) is 105 Å². The highest BCUT2D eigenvalue weighted by Crippen LogP contribution is 2.19. The smallest absolute Gasteiger partial charge is 0.273 e. The van der Waals surface area contributed by atoms with Gasteiger partial charge in [-0.2, -0.15) is 0 Å². The van der Waals surface area contributed by atoms with Gasteiger partial charge in [-0.25, -0.2) is 4.98 Å². The molecule has 0 aliphatic rings. The van der Waals surface area contributed by atoms with Gasteiger partial charge in [0.25, 0.3) is 11.8 Å². The zero-order valence-electron chi connectivity index (χ0n) is 15.8. The number of ether oxygens (including phenoxy) is 1. The van der Waals surface area contributed by atoms with E-state index in [2.05, 4.69) is 15.8 Å². The minimum absolute atomic E-state index is 0.0502. The molecule has 0 saturated carbocycles. The van der Waals surface area contributed by atoms with Crippen LogP contribution in [0.5, 0.6) is 11.5 Å². The van der Waals surface area contributed by atoms with Crippen LogP contribution < -0.4 is 15.6 Å². The van der Waals surface area contributed by atoms with E-state index in [9.17, 15) is 14.7 Å². The van der Waals surface area contributed by atoms with Crippen LogP contribution in [-0.2, 0) is 6.61 Å². The fourth-order valence-corrected chi connectivity index (χ4v) is 2.90. The first-order valence-electron chi connectivity index (χ1n) is 9.15. The van der Waals surface area contributed by atoms with E-state index in [1.807, 2.05) is 35.0 Å². The molecule has 2 aromatic heterocycles. The standard InChI is InChI=1S/C22H18N4O4/c27-18-9-3-1-7-16(18)21(28)24-25-22(29)17-8-2-4-10-19(17)30-14-15-13-26-12-6-5-11-20(26)23-15/h1-13,27H,14H2,(H,24,28)(H,25,29). The molecule has 2 aromatic carbocycles. The monoisotopic (exact) mass is 402 g/mol. The molecule has 30 heavy (non-hydrogen) atoms. The number of imidazole rings is 1. The quantitative estimate of drug-likeness (QED) is 0.445. The number of carbonyl (C=O) groups excluding carboxylic acids is 2. The Balaban J connectivity index is 1.42. The van der Waals surface area contributed by atoms with Crippen molar-refractivity contribution >= 4 is 17.5 Å². The van der Waals surface area contributed by atoms with Gasteiger partial charge in [0.1, 0.15) is 23.8 Å². The number of para-hydroxylation sites is 2. The SMILES string of the molecule is O=C(NNC(=O)c1ccccc1OCc1cn2ccccc2n1)c1ccccc1O. The number of phenols is 1. The molecule has 3 N–H and O–H groups in total. The van der Waals surface area contributed by atoms with Crippen molar-refractivity contribution in [3.63, 3.8) is 0 Å². The summed E-state index contributed by atoms with van der Waals surface area (Å²) >= 11 is 0. The van der Waals surface area contributed by atoms with Crippen LogP contribution >= 0.6 is 0 Å². The van der Waals surface area contributed by atoms with Crippen molar-refractivity contribution < 1.29 is 19.4 Å². The summed E-state index contributed by atoms with van der Waals surface area (Å²) in [6.07, 6.45) is 3.74. The van der Waals surface area contributed by atoms with Crippen LogP contribution in [0, 0.1) is 0 Å². The Hall–Kier alpha value is -4.33. The molecule has 0 aliphatic carbocycles. The number of amides is 2.